The van der Waals surface area contributed by atoms with E-state index < -0.39 is 10.0 Å². The monoisotopic (exact) mass is 298 g/mol. The molecule has 4 N–H and O–H groups in total. The lowest BCUT2D eigenvalue weighted by Gasteiger charge is -2.05. The van der Waals surface area contributed by atoms with E-state index in [1.54, 1.807) is 12.1 Å². The fourth-order valence-corrected chi connectivity index (χ4v) is 2.41. The van der Waals surface area contributed by atoms with Gasteiger partial charge in [0.2, 0.25) is 10.0 Å². The predicted octanol–water partition coefficient (Wildman–Crippen LogP) is -0.688. The molecule has 19 heavy (non-hydrogen) atoms. The number of hydrogen-bond acceptors (Lipinski definition) is 6. The van der Waals surface area contributed by atoms with Crippen LogP contribution in [0.25, 0.3) is 0 Å². The maximum Gasteiger partial charge on any atom is 0.240 e. The number of H-pyrrole nitrogens is 1. The van der Waals surface area contributed by atoms with Crippen LogP contribution in [0, 0.1) is 0 Å². The first-order chi connectivity index (χ1) is 8.99. The number of hydrogen-bond donors (Lipinski definition) is 3. The quantitative estimate of drug-likeness (QED) is 0.624. The van der Waals surface area contributed by atoms with Crippen molar-refractivity contribution in [2.75, 3.05) is 0 Å². The van der Waals surface area contributed by atoms with Gasteiger partial charge in [0.1, 0.15) is 4.99 Å². The Labute approximate surface area is 114 Å². The minimum absolute atomic E-state index is 0.0457. The van der Waals surface area contributed by atoms with Gasteiger partial charge in [0.25, 0.3) is 0 Å². The van der Waals surface area contributed by atoms with Gasteiger partial charge < -0.3 is 5.73 Å². The normalized spacial score (nSPS) is 11.4. The number of rotatable bonds is 5. The van der Waals surface area contributed by atoms with Crippen LogP contribution in [0.15, 0.2) is 29.2 Å². The van der Waals surface area contributed by atoms with Crippen molar-refractivity contribution in [1.29, 1.82) is 0 Å². The third-order valence-corrected chi connectivity index (χ3v) is 3.91. The number of thiocarbonyl (C=S) groups is 1. The third-order valence-electron chi connectivity index (χ3n) is 2.26. The van der Waals surface area contributed by atoms with Gasteiger partial charge >= 0.3 is 0 Å². The van der Waals surface area contributed by atoms with E-state index in [9.17, 15) is 8.42 Å². The van der Waals surface area contributed by atoms with Gasteiger partial charge in [-0.1, -0.05) is 29.6 Å². The average Bonchev–Trinajstić information content (AvgIpc) is 2.90. The van der Waals surface area contributed by atoms with E-state index in [2.05, 4.69) is 25.3 Å². The van der Waals surface area contributed by atoms with E-state index in [0.717, 1.165) is 0 Å². The molecule has 0 atom stereocenters. The van der Waals surface area contributed by atoms with Crippen LogP contribution < -0.4 is 10.5 Å². The van der Waals surface area contributed by atoms with Crippen molar-refractivity contribution >= 4 is 27.2 Å². The van der Waals surface area contributed by atoms with Crippen molar-refractivity contribution in [3.05, 3.63) is 35.7 Å². The van der Waals surface area contributed by atoms with Gasteiger partial charge in [-0.15, -0.1) is 10.2 Å². The number of nitrogens with zero attached hydrogens (tertiary/aromatic N) is 3. The van der Waals surface area contributed by atoms with Gasteiger partial charge in [-0.05, 0) is 12.1 Å². The highest BCUT2D eigenvalue weighted by Crippen LogP contribution is 2.10. The second-order valence-corrected chi connectivity index (χ2v) is 5.75. The Morgan fingerprint density at radius 3 is 2.58 bits per heavy atom. The molecule has 2 rings (SSSR count). The summed E-state index contributed by atoms with van der Waals surface area (Å²) in [5.74, 6) is 0.253. The third kappa shape index (κ3) is 3.30. The van der Waals surface area contributed by atoms with Gasteiger partial charge in [0.05, 0.1) is 11.4 Å². The molecule has 0 aliphatic carbocycles. The number of sulfonamides is 1. The van der Waals surface area contributed by atoms with Gasteiger partial charge in [0.15, 0.2) is 5.82 Å². The van der Waals surface area contributed by atoms with Gasteiger partial charge in [-0.25, -0.2) is 13.1 Å². The lowest BCUT2D eigenvalue weighted by molar-refractivity contribution is 0.579. The molecule has 1 aromatic carbocycles. The topological polar surface area (TPSA) is 127 Å². The van der Waals surface area contributed by atoms with Crippen LogP contribution in [0.3, 0.4) is 0 Å². The van der Waals surface area contributed by atoms with E-state index in [1.807, 2.05) is 0 Å². The Morgan fingerprint density at radius 2 is 2.05 bits per heavy atom. The number of nitrogens with one attached hydrogen (secondary N) is 2. The fourth-order valence-electron chi connectivity index (χ4n) is 1.30. The summed E-state index contributed by atoms with van der Waals surface area (Å²) >= 11 is 4.79. The molecule has 0 spiro atoms. The van der Waals surface area contributed by atoms with Gasteiger partial charge in [-0.2, -0.15) is 5.21 Å². The predicted molar refractivity (Wildman–Crippen MR) is 70.5 cm³/mol. The van der Waals surface area contributed by atoms with Crippen LogP contribution in [0.2, 0.25) is 0 Å². The number of aromatic amines is 1. The molecule has 0 saturated heterocycles. The fraction of sp³-hybridized carbons (Fsp3) is 0.111. The first kappa shape index (κ1) is 13.5. The van der Waals surface area contributed by atoms with E-state index in [0.29, 0.717) is 5.56 Å². The minimum atomic E-state index is -3.63. The molecule has 0 aliphatic heterocycles. The lowest BCUT2D eigenvalue weighted by Crippen LogP contribution is -2.24. The molecule has 0 aliphatic rings. The molecule has 0 saturated carbocycles. The molecule has 0 amide bonds. The van der Waals surface area contributed by atoms with Crippen LogP contribution in [0.4, 0.5) is 0 Å². The first-order valence-corrected chi connectivity index (χ1v) is 7.00. The van der Waals surface area contributed by atoms with E-state index >= 15 is 0 Å². The average molecular weight is 298 g/mol. The molecule has 1 aromatic heterocycles. The maximum absolute atomic E-state index is 11.9. The van der Waals surface area contributed by atoms with E-state index in [-0.39, 0.29) is 22.3 Å². The molecule has 2 aromatic rings. The molecular weight excluding hydrogens is 288 g/mol. The summed E-state index contributed by atoms with van der Waals surface area (Å²) in [7, 11) is -3.63. The van der Waals surface area contributed by atoms with Crippen LogP contribution >= 0.6 is 12.2 Å². The standard InChI is InChI=1S/C9H10N6O2S2/c10-9(18)6-1-3-7(4-2-6)19(16,17)11-5-8-12-14-15-13-8/h1-4,11H,5H2,(H2,10,18)(H,12,13,14,15). The lowest BCUT2D eigenvalue weighted by atomic mass is 10.2. The maximum atomic E-state index is 11.9. The van der Waals surface area contributed by atoms with Crippen molar-refractivity contribution in [3.8, 4) is 0 Å². The number of benzene rings is 1. The molecule has 0 radical (unpaired) electrons. The molecule has 100 valence electrons. The molecular formula is C9H10N6O2S2. The molecule has 0 bridgehead atoms. The van der Waals surface area contributed by atoms with Crippen molar-refractivity contribution < 1.29 is 8.42 Å². The molecule has 10 heteroatoms. The van der Waals surface area contributed by atoms with Crippen molar-refractivity contribution in [2.45, 2.75) is 11.4 Å². The Balaban J connectivity index is 2.13. The largest absolute Gasteiger partial charge is 0.389 e. The Bertz CT molecular complexity index is 665. The summed E-state index contributed by atoms with van der Waals surface area (Å²) in [6.45, 7) is -0.0457. The number of aromatic nitrogens is 4. The van der Waals surface area contributed by atoms with E-state index in [4.69, 9.17) is 18.0 Å². The summed E-state index contributed by atoms with van der Waals surface area (Å²) in [5, 5.41) is 12.8. The van der Waals surface area contributed by atoms with Crippen LogP contribution in [0.1, 0.15) is 11.4 Å². The second kappa shape index (κ2) is 5.38. The Morgan fingerprint density at radius 1 is 1.37 bits per heavy atom. The van der Waals surface area contributed by atoms with Gasteiger partial charge in [0, 0.05) is 5.56 Å². The molecule has 0 unspecified atom stereocenters. The smallest absolute Gasteiger partial charge is 0.240 e. The summed E-state index contributed by atoms with van der Waals surface area (Å²) in [6, 6.07) is 5.94. The van der Waals surface area contributed by atoms with Crippen LogP contribution in [-0.2, 0) is 16.6 Å². The van der Waals surface area contributed by atoms with Crippen molar-refractivity contribution in [1.82, 2.24) is 25.3 Å². The zero-order valence-electron chi connectivity index (χ0n) is 9.57. The van der Waals surface area contributed by atoms with Gasteiger partial charge in [-0.3, -0.25) is 0 Å². The van der Waals surface area contributed by atoms with Crippen molar-refractivity contribution in [3.63, 3.8) is 0 Å². The summed E-state index contributed by atoms with van der Waals surface area (Å²) in [4.78, 5) is 0.319. The number of nitrogens with two attached hydrogens (primary N) is 1. The first-order valence-electron chi connectivity index (χ1n) is 5.11. The Kier molecular flexibility index (Phi) is 3.83. The zero-order valence-corrected chi connectivity index (χ0v) is 11.2. The summed E-state index contributed by atoms with van der Waals surface area (Å²) in [5.41, 5.74) is 6.04. The highest BCUT2D eigenvalue weighted by Gasteiger charge is 2.14. The highest BCUT2D eigenvalue weighted by molar-refractivity contribution is 7.89. The number of tetrazole rings is 1. The highest BCUT2D eigenvalue weighted by atomic mass is 32.2. The van der Waals surface area contributed by atoms with Crippen molar-refractivity contribution in [2.24, 2.45) is 5.73 Å². The van der Waals surface area contributed by atoms with E-state index in [1.165, 1.54) is 12.1 Å². The molecule has 0 fully saturated rings. The second-order valence-electron chi connectivity index (χ2n) is 3.54. The summed E-state index contributed by atoms with van der Waals surface area (Å²) in [6.07, 6.45) is 0. The SMILES string of the molecule is NC(=S)c1ccc(S(=O)(=O)NCc2nn[nH]n2)cc1. The molecule has 1 heterocycles. The van der Waals surface area contributed by atoms with Crippen LogP contribution in [-0.4, -0.2) is 34.0 Å². The van der Waals surface area contributed by atoms with Crippen LogP contribution in [0.5, 0.6) is 0 Å². The summed E-state index contributed by atoms with van der Waals surface area (Å²) < 4.78 is 26.2. The minimum Gasteiger partial charge on any atom is -0.389 e. The molecule has 8 nitrogen and oxygen atoms in total. The Hall–Kier alpha value is -1.91. The zero-order chi connectivity index (χ0) is 13.9.